The Labute approximate surface area is 220 Å². The summed E-state index contributed by atoms with van der Waals surface area (Å²) in [6.07, 6.45) is 6.28. The van der Waals surface area contributed by atoms with Crippen LogP contribution in [0.4, 0.5) is 15.9 Å². The quantitative estimate of drug-likeness (QED) is 0.283. The van der Waals surface area contributed by atoms with Crippen molar-refractivity contribution in [1.29, 1.82) is 0 Å². The second kappa shape index (κ2) is 9.30. The van der Waals surface area contributed by atoms with Crippen LogP contribution in [-0.2, 0) is 23.7 Å². The minimum absolute atomic E-state index is 0.0433. The average Bonchev–Trinajstić information content (AvgIpc) is 3.46. The molecule has 0 amide bonds. The van der Waals surface area contributed by atoms with E-state index >= 15 is 4.39 Å². The predicted molar refractivity (Wildman–Crippen MR) is 139 cm³/mol. The van der Waals surface area contributed by atoms with Crippen molar-refractivity contribution in [3.8, 4) is 16.8 Å². The van der Waals surface area contributed by atoms with Crippen LogP contribution in [-0.4, -0.2) is 37.8 Å². The van der Waals surface area contributed by atoms with Crippen LogP contribution in [0, 0.1) is 5.82 Å². The highest BCUT2D eigenvalue weighted by Gasteiger charge is 2.25. The Hall–Kier alpha value is -3.71. The number of benzene rings is 2. The molecule has 3 aromatic heterocycles. The first-order chi connectivity index (χ1) is 17.6. The highest BCUT2D eigenvalue weighted by molar-refractivity contribution is 7.92. The molecule has 0 aliphatic heterocycles. The van der Waals surface area contributed by atoms with Gasteiger partial charge in [0.05, 0.1) is 34.6 Å². The zero-order valence-corrected chi connectivity index (χ0v) is 21.4. The predicted octanol–water partition coefficient (Wildman–Crippen LogP) is 4.14. The van der Waals surface area contributed by atoms with Crippen molar-refractivity contribution in [3.05, 3.63) is 76.7 Å². The largest absolute Gasteiger partial charge is 0.392 e. The maximum atomic E-state index is 15.9. The number of nitrogen functional groups attached to an aromatic ring is 1. The van der Waals surface area contributed by atoms with Gasteiger partial charge >= 0.3 is 0 Å². The van der Waals surface area contributed by atoms with Crippen molar-refractivity contribution in [3.63, 3.8) is 0 Å². The number of aryl methyl sites for hydroxylation is 1. The SMILES string of the molecule is Cn1cc(-n2cc(-c3cccc(NS(=O)(=O)c4cc(Cl)cc(CO)c4Cl)c3F)c3c(N)ncnc32)cn1. The lowest BCUT2D eigenvalue weighted by atomic mass is 10.0. The van der Waals surface area contributed by atoms with Crippen molar-refractivity contribution in [2.45, 2.75) is 11.5 Å². The van der Waals surface area contributed by atoms with E-state index in [2.05, 4.69) is 19.8 Å². The van der Waals surface area contributed by atoms with Crippen LogP contribution in [0.3, 0.4) is 0 Å². The third kappa shape index (κ3) is 4.37. The molecule has 0 spiro atoms. The van der Waals surface area contributed by atoms with Gasteiger partial charge < -0.3 is 10.8 Å². The molecular weight excluding hydrogens is 544 g/mol. The van der Waals surface area contributed by atoms with Gasteiger partial charge in [-0.2, -0.15) is 5.10 Å². The maximum absolute atomic E-state index is 15.9. The first-order valence-electron chi connectivity index (χ1n) is 10.6. The van der Waals surface area contributed by atoms with E-state index in [-0.39, 0.29) is 32.7 Å². The Morgan fingerprint density at radius 2 is 1.95 bits per heavy atom. The molecule has 190 valence electrons. The highest BCUT2D eigenvalue weighted by atomic mass is 35.5. The van der Waals surface area contributed by atoms with Crippen molar-refractivity contribution in [1.82, 2.24) is 24.3 Å². The van der Waals surface area contributed by atoms with Crippen molar-refractivity contribution >= 4 is 55.8 Å². The molecule has 10 nitrogen and oxygen atoms in total. The summed E-state index contributed by atoms with van der Waals surface area (Å²) in [5.41, 5.74) is 7.41. The Morgan fingerprint density at radius 3 is 2.65 bits per heavy atom. The van der Waals surface area contributed by atoms with E-state index in [4.69, 9.17) is 28.9 Å². The number of nitrogens with two attached hydrogens (primary N) is 1. The van der Waals surface area contributed by atoms with Gasteiger partial charge in [0, 0.05) is 35.6 Å². The van der Waals surface area contributed by atoms with Crippen LogP contribution < -0.4 is 10.5 Å². The molecule has 0 saturated carbocycles. The maximum Gasteiger partial charge on any atom is 0.263 e. The normalized spacial score (nSPS) is 11.8. The van der Waals surface area contributed by atoms with Crippen molar-refractivity contribution < 1.29 is 17.9 Å². The molecule has 0 aliphatic rings. The average molecular weight is 562 g/mol. The molecule has 5 rings (SSSR count). The summed E-state index contributed by atoms with van der Waals surface area (Å²) in [5.74, 6) is -0.740. The molecule has 0 atom stereocenters. The van der Waals surface area contributed by atoms with E-state index in [0.29, 0.717) is 22.3 Å². The molecule has 0 bridgehead atoms. The lowest BCUT2D eigenvalue weighted by Crippen LogP contribution is -2.15. The van der Waals surface area contributed by atoms with E-state index in [1.807, 2.05) is 0 Å². The van der Waals surface area contributed by atoms with Crippen LogP contribution in [0.25, 0.3) is 27.8 Å². The second-order valence-corrected chi connectivity index (χ2v) is 10.5. The van der Waals surface area contributed by atoms with Gasteiger partial charge in [0.2, 0.25) is 0 Å². The molecular formula is C23H18Cl2FN7O3S. The number of aromatic nitrogens is 5. The Balaban J connectivity index is 1.64. The van der Waals surface area contributed by atoms with E-state index in [0.717, 1.165) is 6.07 Å². The fourth-order valence-corrected chi connectivity index (χ4v) is 5.95. The van der Waals surface area contributed by atoms with Crippen LogP contribution in [0.1, 0.15) is 5.56 Å². The van der Waals surface area contributed by atoms with Crippen molar-refractivity contribution in [2.75, 3.05) is 10.5 Å². The summed E-state index contributed by atoms with van der Waals surface area (Å²) in [6, 6.07) is 6.70. The molecule has 14 heteroatoms. The number of nitrogens with one attached hydrogen (secondary N) is 1. The standard InChI is InChI=1S/C23H18Cl2FN7O3S/c1-32-8-14(7-30-32)33-9-16(19-22(27)28-11-29-23(19)33)15-3-2-4-17(21(15)26)31-37(35,36)18-6-13(24)5-12(10-34)20(18)25/h2-9,11,31,34H,10H2,1H3,(H2,27,28,29). The van der Waals surface area contributed by atoms with Gasteiger partial charge in [-0.15, -0.1) is 0 Å². The van der Waals surface area contributed by atoms with Crippen molar-refractivity contribution in [2.24, 2.45) is 7.05 Å². The van der Waals surface area contributed by atoms with Crippen LogP contribution in [0.2, 0.25) is 10.0 Å². The van der Waals surface area contributed by atoms with Gasteiger partial charge in [-0.1, -0.05) is 35.3 Å². The highest BCUT2D eigenvalue weighted by Crippen LogP contribution is 2.38. The van der Waals surface area contributed by atoms with Gasteiger partial charge in [0.25, 0.3) is 10.0 Å². The third-order valence-electron chi connectivity index (χ3n) is 5.65. The van der Waals surface area contributed by atoms with Gasteiger partial charge in [-0.05, 0) is 23.8 Å². The Kier molecular flexibility index (Phi) is 6.28. The summed E-state index contributed by atoms with van der Waals surface area (Å²) in [6.45, 7) is -0.531. The van der Waals surface area contributed by atoms with E-state index in [1.54, 1.807) is 34.9 Å². The van der Waals surface area contributed by atoms with Gasteiger partial charge in [0.15, 0.2) is 11.5 Å². The molecule has 0 saturated heterocycles. The van der Waals surface area contributed by atoms with Crippen LogP contribution in [0.5, 0.6) is 0 Å². The summed E-state index contributed by atoms with van der Waals surface area (Å²) >= 11 is 12.2. The number of aliphatic hydroxyl groups excluding tert-OH is 1. The third-order valence-corrected chi connectivity index (χ3v) is 7.82. The molecule has 37 heavy (non-hydrogen) atoms. The summed E-state index contributed by atoms with van der Waals surface area (Å²) in [5, 5.41) is 13.8. The molecule has 5 aromatic rings. The fraction of sp³-hybridized carbons (Fsp3) is 0.0870. The molecule has 3 heterocycles. The Bertz CT molecular complexity index is 1790. The van der Waals surface area contributed by atoms with E-state index in [9.17, 15) is 13.5 Å². The number of fused-ring (bicyclic) bond motifs is 1. The number of aliphatic hydroxyl groups is 1. The van der Waals surface area contributed by atoms with E-state index in [1.165, 1.54) is 30.6 Å². The lowest BCUT2D eigenvalue weighted by molar-refractivity contribution is 0.281. The summed E-state index contributed by atoms with van der Waals surface area (Å²) in [4.78, 5) is 7.95. The summed E-state index contributed by atoms with van der Waals surface area (Å²) < 4.78 is 47.7. The monoisotopic (exact) mass is 561 g/mol. The number of nitrogens with zero attached hydrogens (tertiary/aromatic N) is 5. The van der Waals surface area contributed by atoms with E-state index < -0.39 is 27.3 Å². The van der Waals surface area contributed by atoms with Crippen LogP contribution in [0.15, 0.2) is 60.1 Å². The number of halogens is 3. The minimum atomic E-state index is -4.39. The number of hydrogen-bond acceptors (Lipinski definition) is 7. The molecule has 4 N–H and O–H groups in total. The molecule has 2 aromatic carbocycles. The van der Waals surface area contributed by atoms with Gasteiger partial charge in [-0.25, -0.2) is 22.8 Å². The number of sulfonamides is 1. The number of hydrogen-bond donors (Lipinski definition) is 3. The first kappa shape index (κ1) is 25.0. The number of rotatable bonds is 6. The zero-order valence-electron chi connectivity index (χ0n) is 19.0. The second-order valence-electron chi connectivity index (χ2n) is 8.05. The zero-order chi connectivity index (χ0) is 26.5. The molecule has 0 fully saturated rings. The minimum Gasteiger partial charge on any atom is -0.392 e. The first-order valence-corrected chi connectivity index (χ1v) is 12.9. The molecule has 0 aliphatic carbocycles. The van der Waals surface area contributed by atoms with Crippen LogP contribution >= 0.6 is 23.2 Å². The smallest absolute Gasteiger partial charge is 0.263 e. The molecule has 0 unspecified atom stereocenters. The topological polar surface area (TPSA) is 141 Å². The Morgan fingerprint density at radius 1 is 1.16 bits per heavy atom. The fourth-order valence-electron chi connectivity index (χ4n) is 3.97. The van der Waals surface area contributed by atoms with Gasteiger partial charge in [-0.3, -0.25) is 14.0 Å². The molecule has 0 radical (unpaired) electrons. The number of anilines is 2. The summed E-state index contributed by atoms with van der Waals surface area (Å²) in [7, 11) is -2.63. The van der Waals surface area contributed by atoms with Gasteiger partial charge in [0.1, 0.15) is 17.0 Å². The lowest BCUT2D eigenvalue weighted by Gasteiger charge is -2.14.